The summed E-state index contributed by atoms with van der Waals surface area (Å²) in [5, 5.41) is 10.7. The zero-order valence-corrected chi connectivity index (χ0v) is 13.4. The molecule has 122 valence electrons. The number of amides is 1. The van der Waals surface area contributed by atoms with Crippen LogP contribution in [-0.4, -0.2) is 44.9 Å². The molecule has 0 bridgehead atoms. The second-order valence-electron chi connectivity index (χ2n) is 6.05. The zero-order chi connectivity index (χ0) is 16.1. The number of carbonyl (C=O) groups is 1. The molecule has 0 aliphatic carbocycles. The van der Waals surface area contributed by atoms with Gasteiger partial charge in [0.1, 0.15) is 0 Å². The summed E-state index contributed by atoms with van der Waals surface area (Å²) in [6, 6.07) is 11.1. The molecule has 2 heterocycles. The van der Waals surface area contributed by atoms with Crippen LogP contribution in [0.4, 0.5) is 0 Å². The SMILES string of the molecule is C[C@@H](c1ccccc1)N1CC[C@@H](NC(=O)CCn2ccnn2)C1. The molecule has 2 atom stereocenters. The molecule has 0 radical (unpaired) electrons. The minimum Gasteiger partial charge on any atom is -0.352 e. The normalized spacial score (nSPS) is 19.6. The first-order valence-electron chi connectivity index (χ1n) is 8.15. The summed E-state index contributed by atoms with van der Waals surface area (Å²) in [4.78, 5) is 14.5. The molecule has 6 heteroatoms. The first-order chi connectivity index (χ1) is 11.2. The van der Waals surface area contributed by atoms with E-state index in [1.165, 1.54) is 5.56 Å². The van der Waals surface area contributed by atoms with E-state index >= 15 is 0 Å². The average Bonchev–Trinajstić information content (AvgIpc) is 3.25. The fourth-order valence-corrected chi connectivity index (χ4v) is 3.07. The van der Waals surface area contributed by atoms with Gasteiger partial charge in [0.15, 0.2) is 0 Å². The Hall–Kier alpha value is -2.21. The first-order valence-corrected chi connectivity index (χ1v) is 8.15. The number of nitrogens with one attached hydrogen (secondary N) is 1. The third kappa shape index (κ3) is 4.16. The molecule has 1 aromatic carbocycles. The second-order valence-corrected chi connectivity index (χ2v) is 6.05. The molecule has 3 rings (SSSR count). The van der Waals surface area contributed by atoms with Gasteiger partial charge in [0, 0.05) is 37.8 Å². The Bertz CT molecular complexity index is 613. The second kappa shape index (κ2) is 7.37. The quantitative estimate of drug-likeness (QED) is 0.880. The Kier molecular flexibility index (Phi) is 5.02. The number of carbonyl (C=O) groups excluding carboxylic acids is 1. The van der Waals surface area contributed by atoms with E-state index < -0.39 is 0 Å². The average molecular weight is 313 g/mol. The maximum absolute atomic E-state index is 12.0. The largest absolute Gasteiger partial charge is 0.352 e. The third-order valence-electron chi connectivity index (χ3n) is 4.45. The van der Waals surface area contributed by atoms with Crippen molar-refractivity contribution < 1.29 is 4.79 Å². The topological polar surface area (TPSA) is 63.1 Å². The molecule has 1 N–H and O–H groups in total. The molecule has 1 fully saturated rings. The van der Waals surface area contributed by atoms with Crippen molar-refractivity contribution in [1.29, 1.82) is 0 Å². The lowest BCUT2D eigenvalue weighted by Crippen LogP contribution is -2.37. The van der Waals surface area contributed by atoms with Crippen molar-refractivity contribution >= 4 is 5.91 Å². The van der Waals surface area contributed by atoms with E-state index in [9.17, 15) is 4.79 Å². The lowest BCUT2D eigenvalue weighted by atomic mass is 10.1. The highest BCUT2D eigenvalue weighted by Gasteiger charge is 2.27. The Morgan fingerprint density at radius 2 is 2.22 bits per heavy atom. The number of aryl methyl sites for hydroxylation is 1. The van der Waals surface area contributed by atoms with Crippen LogP contribution in [0.1, 0.15) is 31.4 Å². The van der Waals surface area contributed by atoms with Crippen molar-refractivity contribution in [2.75, 3.05) is 13.1 Å². The molecule has 0 saturated carbocycles. The van der Waals surface area contributed by atoms with Crippen LogP contribution < -0.4 is 5.32 Å². The summed E-state index contributed by atoms with van der Waals surface area (Å²) < 4.78 is 1.68. The Labute approximate surface area is 136 Å². The number of likely N-dealkylation sites (tertiary alicyclic amines) is 1. The summed E-state index contributed by atoms with van der Waals surface area (Å²) >= 11 is 0. The highest BCUT2D eigenvalue weighted by Crippen LogP contribution is 2.24. The molecule has 1 aliphatic rings. The minimum absolute atomic E-state index is 0.0831. The number of hydrogen-bond donors (Lipinski definition) is 1. The van der Waals surface area contributed by atoms with Gasteiger partial charge in [-0.05, 0) is 18.9 Å². The van der Waals surface area contributed by atoms with E-state index in [0.717, 1.165) is 19.5 Å². The van der Waals surface area contributed by atoms with Crippen molar-refractivity contribution in [2.45, 2.75) is 38.4 Å². The van der Waals surface area contributed by atoms with Crippen LogP contribution in [0.3, 0.4) is 0 Å². The van der Waals surface area contributed by atoms with Crippen LogP contribution in [0, 0.1) is 0 Å². The Morgan fingerprint density at radius 3 is 2.96 bits per heavy atom. The van der Waals surface area contributed by atoms with Gasteiger partial charge in [-0.2, -0.15) is 0 Å². The van der Waals surface area contributed by atoms with E-state index in [2.05, 4.69) is 51.7 Å². The summed E-state index contributed by atoms with van der Waals surface area (Å²) in [6.45, 7) is 4.72. The minimum atomic E-state index is 0.0831. The maximum Gasteiger partial charge on any atom is 0.222 e. The van der Waals surface area contributed by atoms with E-state index in [1.54, 1.807) is 17.1 Å². The summed E-state index contributed by atoms with van der Waals surface area (Å²) in [5.41, 5.74) is 1.32. The molecular weight excluding hydrogens is 290 g/mol. The van der Waals surface area contributed by atoms with Gasteiger partial charge in [0.05, 0.1) is 12.7 Å². The van der Waals surface area contributed by atoms with Crippen molar-refractivity contribution in [1.82, 2.24) is 25.2 Å². The number of hydrogen-bond acceptors (Lipinski definition) is 4. The van der Waals surface area contributed by atoms with Gasteiger partial charge in [0.25, 0.3) is 0 Å². The standard InChI is InChI=1S/C17H23N5O/c1-14(15-5-3-2-4-6-15)21-10-7-16(13-21)19-17(23)8-11-22-12-9-18-20-22/h2-6,9,12,14,16H,7-8,10-11,13H2,1H3,(H,19,23)/t14-,16+/m0/s1. The van der Waals surface area contributed by atoms with E-state index in [1.807, 2.05) is 6.07 Å². The van der Waals surface area contributed by atoms with Crippen molar-refractivity contribution in [3.05, 3.63) is 48.3 Å². The van der Waals surface area contributed by atoms with Crippen LogP contribution >= 0.6 is 0 Å². The monoisotopic (exact) mass is 313 g/mol. The number of aromatic nitrogens is 3. The molecule has 1 amide bonds. The maximum atomic E-state index is 12.0. The van der Waals surface area contributed by atoms with Crippen LogP contribution in [-0.2, 0) is 11.3 Å². The van der Waals surface area contributed by atoms with E-state index in [4.69, 9.17) is 0 Å². The molecule has 1 aromatic heterocycles. The van der Waals surface area contributed by atoms with Crippen LogP contribution in [0.25, 0.3) is 0 Å². The first kappa shape index (κ1) is 15.7. The van der Waals surface area contributed by atoms with Crippen molar-refractivity contribution in [3.63, 3.8) is 0 Å². The van der Waals surface area contributed by atoms with E-state index in [-0.39, 0.29) is 11.9 Å². The van der Waals surface area contributed by atoms with Crippen LogP contribution in [0.5, 0.6) is 0 Å². The molecular formula is C17H23N5O. The molecule has 1 aliphatic heterocycles. The molecule has 2 aromatic rings. The van der Waals surface area contributed by atoms with Gasteiger partial charge < -0.3 is 5.32 Å². The zero-order valence-electron chi connectivity index (χ0n) is 13.4. The van der Waals surface area contributed by atoms with Gasteiger partial charge in [-0.3, -0.25) is 14.4 Å². The summed E-state index contributed by atoms with van der Waals surface area (Å²) in [6.07, 6.45) is 4.84. The lowest BCUT2D eigenvalue weighted by Gasteiger charge is -2.24. The van der Waals surface area contributed by atoms with E-state index in [0.29, 0.717) is 19.0 Å². The van der Waals surface area contributed by atoms with Gasteiger partial charge in [-0.15, -0.1) is 5.10 Å². The molecule has 0 spiro atoms. The Morgan fingerprint density at radius 1 is 1.39 bits per heavy atom. The summed E-state index contributed by atoms with van der Waals surface area (Å²) in [5.74, 6) is 0.0831. The molecule has 23 heavy (non-hydrogen) atoms. The van der Waals surface area contributed by atoms with Crippen molar-refractivity contribution in [2.24, 2.45) is 0 Å². The van der Waals surface area contributed by atoms with Crippen LogP contribution in [0.15, 0.2) is 42.7 Å². The number of benzene rings is 1. The Balaban J connectivity index is 1.45. The fraction of sp³-hybridized carbons (Fsp3) is 0.471. The molecule has 6 nitrogen and oxygen atoms in total. The highest BCUT2D eigenvalue weighted by atomic mass is 16.1. The van der Waals surface area contributed by atoms with Gasteiger partial charge in [-0.1, -0.05) is 35.5 Å². The van der Waals surface area contributed by atoms with Crippen LogP contribution in [0.2, 0.25) is 0 Å². The predicted molar refractivity (Wildman–Crippen MR) is 87.6 cm³/mol. The van der Waals surface area contributed by atoms with Crippen molar-refractivity contribution in [3.8, 4) is 0 Å². The smallest absolute Gasteiger partial charge is 0.222 e. The van der Waals surface area contributed by atoms with Gasteiger partial charge >= 0.3 is 0 Å². The third-order valence-corrected chi connectivity index (χ3v) is 4.45. The fourth-order valence-electron chi connectivity index (χ4n) is 3.07. The van der Waals surface area contributed by atoms with Gasteiger partial charge in [-0.25, -0.2) is 0 Å². The van der Waals surface area contributed by atoms with Gasteiger partial charge in [0.2, 0.25) is 5.91 Å². The number of rotatable bonds is 6. The molecule has 1 saturated heterocycles. The predicted octanol–water partition coefficient (Wildman–Crippen LogP) is 1.62. The summed E-state index contributed by atoms with van der Waals surface area (Å²) in [7, 11) is 0. The lowest BCUT2D eigenvalue weighted by molar-refractivity contribution is -0.122. The number of nitrogens with zero attached hydrogens (tertiary/aromatic N) is 4. The highest BCUT2D eigenvalue weighted by molar-refractivity contribution is 5.76. The molecule has 0 unspecified atom stereocenters.